The second kappa shape index (κ2) is 7.60. The number of benzene rings is 2. The number of ether oxygens (including phenoxy) is 1. The highest BCUT2D eigenvalue weighted by molar-refractivity contribution is 6.30. The lowest BCUT2D eigenvalue weighted by molar-refractivity contribution is -0.140. The molecule has 0 aliphatic carbocycles. The summed E-state index contributed by atoms with van der Waals surface area (Å²) in [7, 11) is 1.40. The Bertz CT molecular complexity index is 635. The number of hydrogen-bond acceptors (Lipinski definition) is 3. The summed E-state index contributed by atoms with van der Waals surface area (Å²) in [5, 5.41) is 0.700. The number of hydrogen-bond donors (Lipinski definition) is 0. The highest BCUT2D eigenvalue weighted by atomic mass is 35.5. The quantitative estimate of drug-likeness (QED) is 0.613. The second-order valence-electron chi connectivity index (χ2n) is 4.51. The van der Waals surface area contributed by atoms with Gasteiger partial charge in [-0.2, -0.15) is 0 Å². The van der Waals surface area contributed by atoms with Crippen molar-refractivity contribution < 1.29 is 9.53 Å². The molecule has 0 aromatic heterocycles. The van der Waals surface area contributed by atoms with Gasteiger partial charge in [-0.1, -0.05) is 41.9 Å². The Hall–Kier alpha value is -2.13. The molecule has 0 unspecified atom stereocenters. The summed E-state index contributed by atoms with van der Waals surface area (Å²) in [6.45, 7) is 0. The normalized spacial score (nSPS) is 10.8. The summed E-state index contributed by atoms with van der Waals surface area (Å²) < 4.78 is 4.66. The van der Waals surface area contributed by atoms with E-state index in [1.807, 2.05) is 48.5 Å². The van der Waals surface area contributed by atoms with Crippen LogP contribution in [0, 0.1) is 0 Å². The molecule has 0 saturated carbocycles. The zero-order valence-corrected chi connectivity index (χ0v) is 12.5. The van der Waals surface area contributed by atoms with Gasteiger partial charge < -0.3 is 4.74 Å². The van der Waals surface area contributed by atoms with E-state index in [0.717, 1.165) is 16.8 Å². The van der Waals surface area contributed by atoms with Gasteiger partial charge >= 0.3 is 5.97 Å². The van der Waals surface area contributed by atoms with Gasteiger partial charge in [-0.05, 0) is 35.7 Å². The lowest BCUT2D eigenvalue weighted by Crippen LogP contribution is -2.01. The lowest BCUT2D eigenvalue weighted by Gasteiger charge is -2.04. The van der Waals surface area contributed by atoms with Crippen LogP contribution < -0.4 is 0 Å². The van der Waals surface area contributed by atoms with Gasteiger partial charge in [-0.15, -0.1) is 0 Å². The van der Waals surface area contributed by atoms with E-state index in [0.29, 0.717) is 17.9 Å². The lowest BCUT2D eigenvalue weighted by atomic mass is 10.1. The van der Waals surface area contributed by atoms with Crippen molar-refractivity contribution in [1.29, 1.82) is 0 Å². The summed E-state index contributed by atoms with van der Waals surface area (Å²) in [6, 6.07) is 15.2. The van der Waals surface area contributed by atoms with Crippen LogP contribution in [-0.4, -0.2) is 19.3 Å². The van der Waals surface area contributed by atoms with Gasteiger partial charge in [0.2, 0.25) is 0 Å². The SMILES string of the molecule is COC(=O)CCc1ccccc1N=Cc1ccc(Cl)cc1. The van der Waals surface area contributed by atoms with E-state index in [4.69, 9.17) is 11.6 Å². The van der Waals surface area contributed by atoms with Crippen molar-refractivity contribution in [3.63, 3.8) is 0 Å². The number of esters is 1. The molecule has 2 rings (SSSR count). The average molecular weight is 302 g/mol. The Morgan fingerprint density at radius 2 is 1.90 bits per heavy atom. The van der Waals surface area contributed by atoms with Crippen LogP contribution in [0.2, 0.25) is 5.02 Å². The van der Waals surface area contributed by atoms with Crippen molar-refractivity contribution in [3.05, 3.63) is 64.7 Å². The summed E-state index contributed by atoms with van der Waals surface area (Å²) in [5.41, 5.74) is 2.85. The molecule has 108 valence electrons. The van der Waals surface area contributed by atoms with Crippen LogP contribution in [0.5, 0.6) is 0 Å². The fourth-order valence-electron chi connectivity index (χ4n) is 1.88. The van der Waals surface area contributed by atoms with Crippen LogP contribution >= 0.6 is 11.6 Å². The Labute approximate surface area is 129 Å². The number of methoxy groups -OCH3 is 1. The van der Waals surface area contributed by atoms with Gasteiger partial charge in [-0.25, -0.2) is 0 Å². The monoisotopic (exact) mass is 301 g/mol. The van der Waals surface area contributed by atoms with Crippen molar-refractivity contribution in [3.8, 4) is 0 Å². The second-order valence-corrected chi connectivity index (χ2v) is 4.95. The molecule has 0 heterocycles. The number of carbonyl (C=O) groups excluding carboxylic acids is 1. The number of nitrogens with zero attached hydrogens (tertiary/aromatic N) is 1. The molecule has 4 heteroatoms. The largest absolute Gasteiger partial charge is 0.469 e. The molecule has 0 N–H and O–H groups in total. The van der Waals surface area contributed by atoms with Crippen LogP contribution in [-0.2, 0) is 16.0 Å². The Balaban J connectivity index is 2.12. The average Bonchev–Trinajstić information content (AvgIpc) is 2.52. The molecule has 0 saturated heterocycles. The minimum absolute atomic E-state index is 0.216. The maximum absolute atomic E-state index is 11.2. The van der Waals surface area contributed by atoms with Crippen LogP contribution in [0.25, 0.3) is 0 Å². The Morgan fingerprint density at radius 1 is 1.19 bits per heavy atom. The van der Waals surface area contributed by atoms with E-state index in [9.17, 15) is 4.79 Å². The van der Waals surface area contributed by atoms with Crippen molar-refractivity contribution in [2.24, 2.45) is 4.99 Å². The van der Waals surface area contributed by atoms with Crippen molar-refractivity contribution in [2.45, 2.75) is 12.8 Å². The molecule has 0 bridgehead atoms. The highest BCUT2D eigenvalue weighted by Gasteiger charge is 2.04. The van der Waals surface area contributed by atoms with Gasteiger partial charge in [0.05, 0.1) is 12.8 Å². The van der Waals surface area contributed by atoms with Crippen molar-refractivity contribution in [2.75, 3.05) is 7.11 Å². The molecular formula is C17H16ClNO2. The van der Waals surface area contributed by atoms with Crippen LogP contribution in [0.4, 0.5) is 5.69 Å². The number of para-hydroxylation sites is 1. The number of halogens is 1. The minimum Gasteiger partial charge on any atom is -0.469 e. The highest BCUT2D eigenvalue weighted by Crippen LogP contribution is 2.20. The molecule has 0 spiro atoms. The fourth-order valence-corrected chi connectivity index (χ4v) is 2.01. The zero-order chi connectivity index (χ0) is 15.1. The predicted molar refractivity (Wildman–Crippen MR) is 85.5 cm³/mol. The molecule has 0 amide bonds. The van der Waals surface area contributed by atoms with E-state index in [1.54, 1.807) is 6.21 Å². The first-order valence-corrected chi connectivity index (χ1v) is 7.01. The van der Waals surface area contributed by atoms with Gasteiger partial charge in [0, 0.05) is 17.7 Å². The fraction of sp³-hybridized carbons (Fsp3) is 0.176. The molecule has 0 aliphatic rings. The smallest absolute Gasteiger partial charge is 0.305 e. The van der Waals surface area contributed by atoms with E-state index in [1.165, 1.54) is 7.11 Å². The van der Waals surface area contributed by atoms with E-state index in [-0.39, 0.29) is 5.97 Å². The minimum atomic E-state index is -0.216. The summed E-state index contributed by atoms with van der Waals surface area (Å²) >= 11 is 5.85. The van der Waals surface area contributed by atoms with Gasteiger partial charge in [0.1, 0.15) is 0 Å². The van der Waals surface area contributed by atoms with Crippen LogP contribution in [0.15, 0.2) is 53.5 Å². The summed E-state index contributed by atoms with van der Waals surface area (Å²) in [4.78, 5) is 15.7. The standard InChI is InChI=1S/C17H16ClNO2/c1-21-17(20)11-8-14-4-2-3-5-16(14)19-12-13-6-9-15(18)10-7-13/h2-7,9-10,12H,8,11H2,1H3. The molecular weight excluding hydrogens is 286 g/mol. The number of aryl methyl sites for hydroxylation is 1. The predicted octanol–water partition coefficient (Wildman–Crippen LogP) is 4.20. The van der Waals surface area contributed by atoms with Gasteiger partial charge in [0.15, 0.2) is 0 Å². The number of rotatable bonds is 5. The molecule has 0 aliphatic heterocycles. The Morgan fingerprint density at radius 3 is 2.62 bits per heavy atom. The molecule has 21 heavy (non-hydrogen) atoms. The molecule has 2 aromatic carbocycles. The summed E-state index contributed by atoms with van der Waals surface area (Å²) in [5.74, 6) is -0.216. The Kier molecular flexibility index (Phi) is 5.52. The van der Waals surface area contributed by atoms with E-state index < -0.39 is 0 Å². The van der Waals surface area contributed by atoms with Crippen LogP contribution in [0.1, 0.15) is 17.5 Å². The molecule has 0 atom stereocenters. The van der Waals surface area contributed by atoms with E-state index >= 15 is 0 Å². The van der Waals surface area contributed by atoms with Gasteiger partial charge in [0.25, 0.3) is 0 Å². The number of aliphatic imine (C=N–C) groups is 1. The molecule has 0 radical (unpaired) electrons. The van der Waals surface area contributed by atoms with Crippen molar-refractivity contribution >= 4 is 29.5 Å². The molecule has 3 nitrogen and oxygen atoms in total. The summed E-state index contributed by atoms with van der Waals surface area (Å²) in [6.07, 6.45) is 2.75. The third-order valence-electron chi connectivity index (χ3n) is 3.04. The molecule has 0 fully saturated rings. The maximum atomic E-state index is 11.2. The zero-order valence-electron chi connectivity index (χ0n) is 11.8. The third-order valence-corrected chi connectivity index (χ3v) is 3.29. The van der Waals surface area contributed by atoms with Crippen molar-refractivity contribution in [1.82, 2.24) is 0 Å². The topological polar surface area (TPSA) is 38.7 Å². The first-order chi connectivity index (χ1) is 10.2. The van der Waals surface area contributed by atoms with Gasteiger partial charge in [-0.3, -0.25) is 9.79 Å². The van der Waals surface area contributed by atoms with Crippen LogP contribution in [0.3, 0.4) is 0 Å². The van der Waals surface area contributed by atoms with E-state index in [2.05, 4.69) is 9.73 Å². The first kappa shape index (κ1) is 15.3. The first-order valence-electron chi connectivity index (χ1n) is 6.63. The number of carbonyl (C=O) groups is 1. The third kappa shape index (κ3) is 4.72. The maximum Gasteiger partial charge on any atom is 0.305 e. The molecule has 2 aromatic rings.